The van der Waals surface area contributed by atoms with Crippen LogP contribution in [0.5, 0.6) is 0 Å². The van der Waals surface area contributed by atoms with Gasteiger partial charge in [0.15, 0.2) is 6.10 Å². The van der Waals surface area contributed by atoms with Crippen LogP contribution in [0.4, 0.5) is 0 Å². The van der Waals surface area contributed by atoms with Gasteiger partial charge in [0.1, 0.15) is 0 Å². The zero-order valence-corrected chi connectivity index (χ0v) is 8.36. The Morgan fingerprint density at radius 1 is 1.64 bits per heavy atom. The fourth-order valence-electron chi connectivity index (χ4n) is 1.13. The van der Waals surface area contributed by atoms with Crippen molar-refractivity contribution < 1.29 is 9.53 Å². The van der Waals surface area contributed by atoms with Gasteiger partial charge in [-0.1, -0.05) is 12.6 Å². The minimum Gasteiger partial charge on any atom is -0.452 e. The van der Waals surface area contributed by atoms with Crippen LogP contribution in [-0.4, -0.2) is 11.0 Å². The lowest BCUT2D eigenvalue weighted by Crippen LogP contribution is -2.07. The third-order valence-electron chi connectivity index (χ3n) is 1.71. The van der Waals surface area contributed by atoms with E-state index in [1.54, 1.807) is 6.08 Å². The highest BCUT2D eigenvalue weighted by Crippen LogP contribution is 2.16. The smallest absolute Gasteiger partial charge is 0.303 e. The lowest BCUT2D eigenvalue weighted by Gasteiger charge is -2.12. The summed E-state index contributed by atoms with van der Waals surface area (Å²) in [4.78, 5) is 15.0. The van der Waals surface area contributed by atoms with Crippen molar-refractivity contribution in [2.24, 2.45) is 0 Å². The Balaban J connectivity index is 2.89. The number of esters is 1. The van der Waals surface area contributed by atoms with Crippen LogP contribution in [0, 0.1) is 6.92 Å². The first-order valence-corrected chi connectivity index (χ1v) is 4.37. The second-order valence-corrected chi connectivity index (χ2v) is 2.97. The first-order chi connectivity index (χ1) is 6.63. The summed E-state index contributed by atoms with van der Waals surface area (Å²) >= 11 is 0. The molecule has 1 rings (SSSR count). The zero-order chi connectivity index (χ0) is 10.6. The molecule has 0 radical (unpaired) electrons. The van der Waals surface area contributed by atoms with Crippen molar-refractivity contribution in [2.75, 3.05) is 0 Å². The second kappa shape index (κ2) is 4.56. The van der Waals surface area contributed by atoms with Gasteiger partial charge in [0, 0.05) is 12.6 Å². The monoisotopic (exact) mass is 191 g/mol. The third-order valence-corrected chi connectivity index (χ3v) is 1.71. The molecule has 0 aliphatic carbocycles. The highest BCUT2D eigenvalue weighted by Gasteiger charge is 2.11. The van der Waals surface area contributed by atoms with Gasteiger partial charge in [0.05, 0.1) is 5.69 Å². The summed E-state index contributed by atoms with van der Waals surface area (Å²) in [5.74, 6) is -0.335. The molecule has 0 aliphatic rings. The van der Waals surface area contributed by atoms with Crippen molar-refractivity contribution in [3.63, 3.8) is 0 Å². The number of ether oxygens (including phenoxy) is 1. The lowest BCUT2D eigenvalue weighted by molar-refractivity contribution is -0.144. The molecule has 1 atom stereocenters. The van der Waals surface area contributed by atoms with E-state index in [1.165, 1.54) is 6.92 Å². The second-order valence-electron chi connectivity index (χ2n) is 2.97. The predicted octanol–water partition coefficient (Wildman–Crippen LogP) is 2.18. The van der Waals surface area contributed by atoms with Crippen LogP contribution < -0.4 is 0 Å². The maximum Gasteiger partial charge on any atom is 0.303 e. The van der Waals surface area contributed by atoms with E-state index in [0.717, 1.165) is 5.69 Å². The Morgan fingerprint density at radius 3 is 2.86 bits per heavy atom. The van der Waals surface area contributed by atoms with E-state index in [0.29, 0.717) is 5.69 Å². The number of carbonyl (C=O) groups is 1. The summed E-state index contributed by atoms with van der Waals surface area (Å²) in [6, 6.07) is 5.57. The summed E-state index contributed by atoms with van der Waals surface area (Å²) in [6.07, 6.45) is 1.11. The van der Waals surface area contributed by atoms with Gasteiger partial charge in [-0.2, -0.15) is 0 Å². The molecule has 0 aliphatic heterocycles. The minimum absolute atomic E-state index is 0.335. The average Bonchev–Trinajstić information content (AvgIpc) is 2.14. The SMILES string of the molecule is C=CC(OC(C)=O)c1cccc(C)n1. The number of carbonyl (C=O) groups excluding carboxylic acids is 1. The molecular weight excluding hydrogens is 178 g/mol. The summed E-state index contributed by atoms with van der Waals surface area (Å²) in [5.41, 5.74) is 1.59. The van der Waals surface area contributed by atoms with Crippen molar-refractivity contribution in [1.82, 2.24) is 4.98 Å². The number of pyridine rings is 1. The van der Waals surface area contributed by atoms with Crippen molar-refractivity contribution in [1.29, 1.82) is 0 Å². The number of aromatic nitrogens is 1. The average molecular weight is 191 g/mol. The molecule has 1 unspecified atom stereocenters. The molecule has 74 valence electrons. The lowest BCUT2D eigenvalue weighted by atomic mass is 10.2. The van der Waals surface area contributed by atoms with Gasteiger partial charge in [0.25, 0.3) is 0 Å². The molecule has 0 bridgehead atoms. The topological polar surface area (TPSA) is 39.2 Å². The molecule has 1 heterocycles. The Kier molecular flexibility index (Phi) is 3.40. The molecular formula is C11H13NO2. The van der Waals surface area contributed by atoms with Crippen LogP contribution in [-0.2, 0) is 9.53 Å². The van der Waals surface area contributed by atoms with Gasteiger partial charge < -0.3 is 4.74 Å². The number of rotatable bonds is 3. The molecule has 1 aromatic rings. The fourth-order valence-corrected chi connectivity index (χ4v) is 1.13. The van der Waals surface area contributed by atoms with Crippen molar-refractivity contribution in [3.8, 4) is 0 Å². The number of nitrogens with zero attached hydrogens (tertiary/aromatic N) is 1. The number of hydrogen-bond donors (Lipinski definition) is 0. The Labute approximate surface area is 83.4 Å². The zero-order valence-electron chi connectivity index (χ0n) is 8.36. The van der Waals surface area contributed by atoms with E-state index in [1.807, 2.05) is 25.1 Å². The van der Waals surface area contributed by atoms with Gasteiger partial charge in [-0.15, -0.1) is 0 Å². The third kappa shape index (κ3) is 2.69. The summed E-state index contributed by atoms with van der Waals surface area (Å²) in [7, 11) is 0. The van der Waals surface area contributed by atoms with E-state index in [9.17, 15) is 4.79 Å². The van der Waals surface area contributed by atoms with Crippen molar-refractivity contribution >= 4 is 5.97 Å². The van der Waals surface area contributed by atoms with Crippen LogP contribution in [0.1, 0.15) is 24.4 Å². The van der Waals surface area contributed by atoms with Gasteiger partial charge >= 0.3 is 5.97 Å². The minimum atomic E-state index is -0.451. The van der Waals surface area contributed by atoms with Gasteiger partial charge in [0.2, 0.25) is 0 Å². The highest BCUT2D eigenvalue weighted by molar-refractivity contribution is 5.66. The van der Waals surface area contributed by atoms with Crippen LogP contribution in [0.15, 0.2) is 30.9 Å². The highest BCUT2D eigenvalue weighted by atomic mass is 16.5. The quantitative estimate of drug-likeness (QED) is 0.543. The Hall–Kier alpha value is -1.64. The van der Waals surface area contributed by atoms with E-state index in [2.05, 4.69) is 11.6 Å². The molecule has 0 amide bonds. The molecule has 0 fully saturated rings. The van der Waals surface area contributed by atoms with E-state index < -0.39 is 6.10 Å². The van der Waals surface area contributed by atoms with Gasteiger partial charge in [-0.25, -0.2) is 0 Å². The Bertz CT molecular complexity index is 347. The molecule has 0 spiro atoms. The molecule has 1 aromatic heterocycles. The van der Waals surface area contributed by atoms with Gasteiger partial charge in [-0.3, -0.25) is 9.78 Å². The van der Waals surface area contributed by atoms with E-state index in [4.69, 9.17) is 4.74 Å². The summed E-state index contributed by atoms with van der Waals surface area (Å²) < 4.78 is 5.02. The van der Waals surface area contributed by atoms with Gasteiger partial charge in [-0.05, 0) is 25.1 Å². The molecule has 0 N–H and O–H groups in total. The fraction of sp³-hybridized carbons (Fsp3) is 0.273. The first-order valence-electron chi connectivity index (χ1n) is 4.37. The molecule has 0 saturated carbocycles. The summed E-state index contributed by atoms with van der Waals surface area (Å²) in [5, 5.41) is 0. The largest absolute Gasteiger partial charge is 0.452 e. The molecule has 0 saturated heterocycles. The standard InChI is InChI=1S/C11H13NO2/c1-4-11(14-9(3)13)10-7-5-6-8(2)12-10/h4-7,11H,1H2,2-3H3. The first kappa shape index (κ1) is 10.4. The van der Waals surface area contributed by atoms with E-state index in [-0.39, 0.29) is 5.97 Å². The van der Waals surface area contributed by atoms with Crippen molar-refractivity contribution in [3.05, 3.63) is 42.2 Å². The summed E-state index contributed by atoms with van der Waals surface area (Å²) in [6.45, 7) is 6.86. The number of aryl methyl sites for hydroxylation is 1. The van der Waals surface area contributed by atoms with E-state index >= 15 is 0 Å². The molecule has 14 heavy (non-hydrogen) atoms. The maximum absolute atomic E-state index is 10.8. The van der Waals surface area contributed by atoms with Crippen LogP contribution >= 0.6 is 0 Å². The number of hydrogen-bond acceptors (Lipinski definition) is 3. The Morgan fingerprint density at radius 2 is 2.36 bits per heavy atom. The molecule has 0 aromatic carbocycles. The molecule has 3 nitrogen and oxygen atoms in total. The van der Waals surface area contributed by atoms with Crippen molar-refractivity contribution in [2.45, 2.75) is 20.0 Å². The molecule has 3 heteroatoms. The van der Waals surface area contributed by atoms with Crippen LogP contribution in [0.25, 0.3) is 0 Å². The maximum atomic E-state index is 10.8. The van der Waals surface area contributed by atoms with Crippen LogP contribution in [0.3, 0.4) is 0 Å². The van der Waals surface area contributed by atoms with Crippen LogP contribution in [0.2, 0.25) is 0 Å². The normalized spacial score (nSPS) is 11.9. The predicted molar refractivity (Wildman–Crippen MR) is 53.7 cm³/mol.